The van der Waals surface area contributed by atoms with Crippen LogP contribution < -0.4 is 10.1 Å². The second-order valence-electron chi connectivity index (χ2n) is 8.06. The molecule has 1 aliphatic carbocycles. The highest BCUT2D eigenvalue weighted by atomic mass is 16.6. The second-order valence-corrected chi connectivity index (χ2v) is 8.06. The summed E-state index contributed by atoms with van der Waals surface area (Å²) in [5.41, 5.74) is 1.72. The first-order valence-corrected chi connectivity index (χ1v) is 10.6. The zero-order valence-corrected chi connectivity index (χ0v) is 17.6. The van der Waals surface area contributed by atoms with Crippen molar-refractivity contribution in [3.05, 3.63) is 88.2 Å². The number of rotatable bonds is 7. The minimum atomic E-state index is -0.499. The van der Waals surface area contributed by atoms with Crippen molar-refractivity contribution in [3.8, 4) is 5.88 Å². The summed E-state index contributed by atoms with van der Waals surface area (Å²) in [6.45, 7) is 0. The van der Waals surface area contributed by atoms with Gasteiger partial charge in [-0.25, -0.2) is 4.98 Å². The molecule has 9 nitrogen and oxygen atoms in total. The third-order valence-electron chi connectivity index (χ3n) is 5.86. The summed E-state index contributed by atoms with van der Waals surface area (Å²) in [6.07, 6.45) is 2.93. The lowest BCUT2D eigenvalue weighted by atomic mass is 9.80. The summed E-state index contributed by atoms with van der Waals surface area (Å²) in [5.74, 6) is 0.549. The van der Waals surface area contributed by atoms with Gasteiger partial charge in [0.25, 0.3) is 5.88 Å². The first kappa shape index (κ1) is 20.6. The first-order valence-electron chi connectivity index (χ1n) is 10.6. The van der Waals surface area contributed by atoms with E-state index in [1.165, 1.54) is 18.3 Å². The van der Waals surface area contributed by atoms with Crippen molar-refractivity contribution in [1.29, 1.82) is 0 Å². The smallest absolute Gasteiger partial charge is 0.330 e. The lowest BCUT2D eigenvalue weighted by Gasteiger charge is -2.33. The van der Waals surface area contributed by atoms with Gasteiger partial charge in [-0.3, -0.25) is 20.0 Å². The average molecular weight is 443 g/mol. The Morgan fingerprint density at radius 2 is 1.97 bits per heavy atom. The topological polar surface area (TPSA) is 123 Å². The van der Waals surface area contributed by atoms with Gasteiger partial charge in [-0.15, -0.1) is 0 Å². The van der Waals surface area contributed by atoms with Crippen molar-refractivity contribution < 1.29 is 14.5 Å². The number of amides is 1. The number of aromatic nitrogens is 3. The van der Waals surface area contributed by atoms with Gasteiger partial charge in [0.15, 0.2) is 5.82 Å². The number of carbonyl (C=O) groups is 1. The molecule has 2 N–H and O–H groups in total. The van der Waals surface area contributed by atoms with Crippen molar-refractivity contribution >= 4 is 28.2 Å². The maximum absolute atomic E-state index is 12.6. The maximum atomic E-state index is 12.6. The number of nitro groups is 1. The number of fused-ring (bicyclic) bond motifs is 1. The highest BCUT2D eigenvalue weighted by Crippen LogP contribution is 2.40. The zero-order chi connectivity index (χ0) is 22.8. The van der Waals surface area contributed by atoms with Gasteiger partial charge in [0, 0.05) is 29.9 Å². The van der Waals surface area contributed by atoms with Gasteiger partial charge in [-0.2, -0.15) is 5.10 Å². The Labute approximate surface area is 189 Å². The molecule has 0 atom stereocenters. The molecule has 166 valence electrons. The quantitative estimate of drug-likeness (QED) is 0.323. The average Bonchev–Trinajstić information content (AvgIpc) is 3.24. The van der Waals surface area contributed by atoms with Crippen molar-refractivity contribution in [2.75, 3.05) is 5.32 Å². The number of H-pyrrole nitrogens is 1. The number of carbonyl (C=O) groups excluding carboxylic acids is 1. The van der Waals surface area contributed by atoms with E-state index in [0.29, 0.717) is 18.7 Å². The Morgan fingerprint density at radius 1 is 1.15 bits per heavy atom. The second kappa shape index (κ2) is 8.70. The molecular weight excluding hydrogens is 422 g/mol. The largest absolute Gasteiger partial charge is 0.469 e. The van der Waals surface area contributed by atoms with Crippen LogP contribution in [0.1, 0.15) is 30.0 Å². The highest BCUT2D eigenvalue weighted by molar-refractivity contribution is 5.95. The Morgan fingerprint density at radius 3 is 2.82 bits per heavy atom. The SMILES string of the molecule is O=C(Cc1cccc2ccccc12)Nc1cc([C@H]2C[C@@H](Oc3ncccc3[N+](=O)[O-])C2)[nH]n1. The number of pyridine rings is 1. The molecule has 0 spiro atoms. The molecule has 0 bridgehead atoms. The van der Waals surface area contributed by atoms with Crippen LogP contribution in [0.4, 0.5) is 11.5 Å². The lowest BCUT2D eigenvalue weighted by molar-refractivity contribution is -0.386. The van der Waals surface area contributed by atoms with Crippen molar-refractivity contribution in [2.24, 2.45) is 0 Å². The van der Waals surface area contributed by atoms with Crippen LogP contribution >= 0.6 is 0 Å². The number of ether oxygens (including phenoxy) is 1. The monoisotopic (exact) mass is 443 g/mol. The number of nitrogens with zero attached hydrogens (tertiary/aromatic N) is 3. The number of anilines is 1. The van der Waals surface area contributed by atoms with Crippen LogP contribution in [0.5, 0.6) is 5.88 Å². The van der Waals surface area contributed by atoms with Gasteiger partial charge in [0.05, 0.1) is 11.3 Å². The summed E-state index contributed by atoms with van der Waals surface area (Å²) in [6, 6.07) is 18.6. The summed E-state index contributed by atoms with van der Waals surface area (Å²) in [7, 11) is 0. The molecule has 0 aliphatic heterocycles. The molecule has 1 saturated carbocycles. The number of nitrogens with one attached hydrogen (secondary N) is 2. The van der Waals surface area contributed by atoms with E-state index in [2.05, 4.69) is 20.5 Å². The molecule has 33 heavy (non-hydrogen) atoms. The molecule has 1 fully saturated rings. The fourth-order valence-corrected chi connectivity index (χ4v) is 4.10. The Hall–Kier alpha value is -4.27. The normalized spacial score (nSPS) is 17.3. The summed E-state index contributed by atoms with van der Waals surface area (Å²) in [5, 5.41) is 23.3. The summed E-state index contributed by atoms with van der Waals surface area (Å²) < 4.78 is 5.71. The van der Waals surface area contributed by atoms with Gasteiger partial charge < -0.3 is 10.1 Å². The van der Waals surface area contributed by atoms with E-state index in [4.69, 9.17) is 4.74 Å². The maximum Gasteiger partial charge on any atom is 0.330 e. The molecule has 5 rings (SSSR count). The van der Waals surface area contributed by atoms with Crippen LogP contribution in [0, 0.1) is 10.1 Å². The lowest BCUT2D eigenvalue weighted by Crippen LogP contribution is -2.32. The third-order valence-corrected chi connectivity index (χ3v) is 5.86. The van der Waals surface area contributed by atoms with E-state index in [0.717, 1.165) is 22.0 Å². The van der Waals surface area contributed by atoms with Crippen LogP contribution in [0.3, 0.4) is 0 Å². The molecule has 2 aromatic carbocycles. The number of hydrogen-bond donors (Lipinski definition) is 2. The molecular formula is C24H21N5O4. The number of aromatic amines is 1. The zero-order valence-electron chi connectivity index (χ0n) is 17.6. The molecule has 0 saturated heterocycles. The molecule has 0 unspecified atom stereocenters. The Balaban J connectivity index is 1.17. The van der Waals surface area contributed by atoms with E-state index in [1.807, 2.05) is 48.5 Å². The first-order chi connectivity index (χ1) is 16.1. The minimum absolute atomic E-state index is 0.0388. The van der Waals surface area contributed by atoms with Crippen molar-refractivity contribution in [1.82, 2.24) is 15.2 Å². The Bertz CT molecular complexity index is 1320. The van der Waals surface area contributed by atoms with E-state index in [1.54, 1.807) is 0 Å². The molecule has 4 aromatic rings. The molecule has 1 aliphatic rings. The molecule has 2 heterocycles. The van der Waals surface area contributed by atoms with Crippen molar-refractivity contribution in [3.63, 3.8) is 0 Å². The van der Waals surface area contributed by atoms with E-state index in [9.17, 15) is 14.9 Å². The standard InChI is InChI=1S/C24H21N5O4/c30-23(13-16-7-3-6-15-5-1-2-8-19(15)16)26-22-14-20(27-28-22)17-11-18(12-17)33-24-21(29(31)32)9-4-10-25-24/h1-10,14,17-18H,11-13H2,(H2,26,27,28,30)/t17-,18+. The van der Waals surface area contributed by atoms with Crippen LogP contribution in [0.2, 0.25) is 0 Å². The van der Waals surface area contributed by atoms with Crippen LogP contribution in [-0.2, 0) is 11.2 Å². The molecule has 9 heteroatoms. The van der Waals surface area contributed by atoms with Gasteiger partial charge in [-0.05, 0) is 35.2 Å². The Kier molecular flexibility index (Phi) is 5.43. The fraction of sp³-hybridized carbons (Fsp3) is 0.208. The van der Waals surface area contributed by atoms with Crippen molar-refractivity contribution in [2.45, 2.75) is 31.3 Å². The van der Waals surface area contributed by atoms with E-state index in [-0.39, 0.29) is 35.9 Å². The molecule has 0 radical (unpaired) electrons. The summed E-state index contributed by atoms with van der Waals surface area (Å²) >= 11 is 0. The van der Waals surface area contributed by atoms with Gasteiger partial charge in [0.1, 0.15) is 6.10 Å². The molecule has 1 amide bonds. The predicted molar refractivity (Wildman–Crippen MR) is 122 cm³/mol. The number of hydrogen-bond acceptors (Lipinski definition) is 6. The third kappa shape index (κ3) is 4.38. The van der Waals surface area contributed by atoms with Crippen LogP contribution in [0.25, 0.3) is 10.8 Å². The minimum Gasteiger partial charge on any atom is -0.469 e. The van der Waals surface area contributed by atoms with Crippen LogP contribution in [-0.4, -0.2) is 32.1 Å². The number of benzene rings is 2. The molecule has 2 aromatic heterocycles. The van der Waals surface area contributed by atoms with Gasteiger partial charge >= 0.3 is 5.69 Å². The fourth-order valence-electron chi connectivity index (χ4n) is 4.10. The predicted octanol–water partition coefficient (Wildman–Crippen LogP) is 4.37. The van der Waals surface area contributed by atoms with E-state index >= 15 is 0 Å². The highest BCUT2D eigenvalue weighted by Gasteiger charge is 2.35. The van der Waals surface area contributed by atoms with Gasteiger partial charge in [-0.1, -0.05) is 42.5 Å². The van der Waals surface area contributed by atoms with E-state index < -0.39 is 4.92 Å². The van der Waals surface area contributed by atoms with Crippen LogP contribution in [0.15, 0.2) is 66.9 Å². The van der Waals surface area contributed by atoms with Gasteiger partial charge in [0.2, 0.25) is 5.91 Å². The summed E-state index contributed by atoms with van der Waals surface area (Å²) in [4.78, 5) is 27.2.